The number of aromatic nitrogens is 3. The van der Waals surface area contributed by atoms with E-state index in [1.165, 1.54) is 22.6 Å². The Morgan fingerprint density at radius 2 is 1.86 bits per heavy atom. The maximum absolute atomic E-state index is 13.0. The number of hydrogen-bond acceptors (Lipinski definition) is 8. The van der Waals surface area contributed by atoms with Crippen LogP contribution in [0.2, 0.25) is 0 Å². The molecule has 1 atom stereocenters. The standard InChI is InChI=1S/C19H24N6O3S/c1-4-5-15-13-24(29(27,28)16-6-7-17(20)21-12-16)8-9-25(15)18-22-10-14(11-23-18)19(2,3)26/h6-7,10-12,15,26H,8-9,13H2,1-3H3,(H2,20,21). The van der Waals surface area contributed by atoms with Crippen molar-refractivity contribution in [3.63, 3.8) is 0 Å². The van der Waals surface area contributed by atoms with Crippen molar-refractivity contribution in [1.82, 2.24) is 19.3 Å². The summed E-state index contributed by atoms with van der Waals surface area (Å²) in [6.45, 7) is 5.82. The van der Waals surface area contributed by atoms with Gasteiger partial charge in [-0.1, -0.05) is 5.92 Å². The van der Waals surface area contributed by atoms with Gasteiger partial charge in [0.25, 0.3) is 0 Å². The Kier molecular flexibility index (Phi) is 5.75. The Morgan fingerprint density at radius 3 is 2.41 bits per heavy atom. The Labute approximate surface area is 170 Å². The molecule has 0 spiro atoms. The van der Waals surface area contributed by atoms with Crippen LogP contribution in [-0.4, -0.2) is 58.5 Å². The number of aliphatic hydroxyl groups is 1. The van der Waals surface area contributed by atoms with Gasteiger partial charge in [-0.15, -0.1) is 5.92 Å². The Balaban J connectivity index is 1.84. The molecule has 0 radical (unpaired) electrons. The van der Waals surface area contributed by atoms with Crippen molar-refractivity contribution in [2.24, 2.45) is 0 Å². The lowest BCUT2D eigenvalue weighted by molar-refractivity contribution is 0.0778. The summed E-state index contributed by atoms with van der Waals surface area (Å²) in [7, 11) is -3.71. The second kappa shape index (κ2) is 7.94. The van der Waals surface area contributed by atoms with Crippen molar-refractivity contribution in [2.75, 3.05) is 30.3 Å². The van der Waals surface area contributed by atoms with E-state index in [0.717, 1.165) is 0 Å². The van der Waals surface area contributed by atoms with Gasteiger partial charge >= 0.3 is 0 Å². The average molecular weight is 417 g/mol. The SMILES string of the molecule is CC#CC1CN(S(=O)(=O)c2ccc(N)nc2)CCN1c1ncc(C(C)(C)O)cn1. The molecule has 3 heterocycles. The summed E-state index contributed by atoms with van der Waals surface area (Å²) in [6.07, 6.45) is 4.40. The molecule has 1 aliphatic rings. The third-order valence-corrected chi connectivity index (χ3v) is 6.50. The molecule has 154 valence electrons. The van der Waals surface area contributed by atoms with Gasteiger partial charge < -0.3 is 15.7 Å². The van der Waals surface area contributed by atoms with Crippen LogP contribution >= 0.6 is 0 Å². The van der Waals surface area contributed by atoms with Crippen LogP contribution < -0.4 is 10.6 Å². The van der Waals surface area contributed by atoms with E-state index in [1.54, 1.807) is 33.2 Å². The molecule has 0 bridgehead atoms. The molecule has 1 aliphatic heterocycles. The molecule has 3 rings (SSSR count). The van der Waals surface area contributed by atoms with Crippen molar-refractivity contribution in [1.29, 1.82) is 0 Å². The second-order valence-corrected chi connectivity index (χ2v) is 9.15. The predicted molar refractivity (Wildman–Crippen MR) is 109 cm³/mol. The van der Waals surface area contributed by atoms with Gasteiger partial charge in [0.15, 0.2) is 0 Å². The predicted octanol–water partition coefficient (Wildman–Crippen LogP) is 0.584. The van der Waals surface area contributed by atoms with E-state index < -0.39 is 21.7 Å². The summed E-state index contributed by atoms with van der Waals surface area (Å²) in [5.74, 6) is 6.60. The van der Waals surface area contributed by atoms with Gasteiger partial charge in [-0.3, -0.25) is 0 Å². The molecule has 1 saturated heterocycles. The normalized spacial score (nSPS) is 18.2. The van der Waals surface area contributed by atoms with E-state index >= 15 is 0 Å². The lowest BCUT2D eigenvalue weighted by Crippen LogP contribution is -2.54. The molecule has 0 saturated carbocycles. The van der Waals surface area contributed by atoms with Crippen LogP contribution in [0.25, 0.3) is 0 Å². The monoisotopic (exact) mass is 416 g/mol. The summed E-state index contributed by atoms with van der Waals surface area (Å²) in [5.41, 5.74) is 5.11. The topological polar surface area (TPSA) is 126 Å². The molecule has 1 unspecified atom stereocenters. The molecule has 29 heavy (non-hydrogen) atoms. The van der Waals surface area contributed by atoms with Crippen LogP contribution in [0.4, 0.5) is 11.8 Å². The zero-order chi connectivity index (χ0) is 21.2. The number of anilines is 2. The first-order valence-corrected chi connectivity index (χ1v) is 10.5. The Bertz CT molecular complexity index is 1020. The number of hydrogen-bond donors (Lipinski definition) is 2. The van der Waals surface area contributed by atoms with Gasteiger partial charge in [0.1, 0.15) is 16.8 Å². The van der Waals surface area contributed by atoms with Gasteiger partial charge in [0, 0.05) is 43.8 Å². The molecular formula is C19H24N6O3S. The van der Waals surface area contributed by atoms with Gasteiger partial charge in [-0.05, 0) is 32.9 Å². The maximum Gasteiger partial charge on any atom is 0.244 e. The van der Waals surface area contributed by atoms with Crippen molar-refractivity contribution in [3.8, 4) is 11.8 Å². The average Bonchev–Trinajstić information content (AvgIpc) is 2.68. The minimum absolute atomic E-state index is 0.0918. The van der Waals surface area contributed by atoms with Crippen LogP contribution in [0.5, 0.6) is 0 Å². The summed E-state index contributed by atoms with van der Waals surface area (Å²) in [5, 5.41) is 10.1. The van der Waals surface area contributed by atoms with E-state index in [4.69, 9.17) is 5.73 Å². The maximum atomic E-state index is 13.0. The molecule has 0 amide bonds. The third-order valence-electron chi connectivity index (χ3n) is 4.65. The summed E-state index contributed by atoms with van der Waals surface area (Å²) >= 11 is 0. The smallest absolute Gasteiger partial charge is 0.244 e. The minimum Gasteiger partial charge on any atom is -0.386 e. The number of pyridine rings is 1. The summed E-state index contributed by atoms with van der Waals surface area (Å²) < 4.78 is 27.3. The van der Waals surface area contributed by atoms with Crippen LogP contribution in [0, 0.1) is 11.8 Å². The number of nitrogens with zero attached hydrogens (tertiary/aromatic N) is 5. The van der Waals surface area contributed by atoms with E-state index in [0.29, 0.717) is 18.1 Å². The number of sulfonamides is 1. The Hall–Kier alpha value is -2.74. The van der Waals surface area contributed by atoms with Crippen molar-refractivity contribution < 1.29 is 13.5 Å². The molecule has 3 N–H and O–H groups in total. The van der Waals surface area contributed by atoms with Gasteiger partial charge in [0.2, 0.25) is 16.0 Å². The van der Waals surface area contributed by atoms with Crippen LogP contribution in [0.1, 0.15) is 26.3 Å². The fourth-order valence-electron chi connectivity index (χ4n) is 2.98. The van der Waals surface area contributed by atoms with Crippen LogP contribution in [0.15, 0.2) is 35.6 Å². The summed E-state index contributed by atoms with van der Waals surface area (Å²) in [4.78, 5) is 14.5. The molecule has 2 aromatic rings. The zero-order valence-corrected chi connectivity index (χ0v) is 17.4. The molecule has 1 fully saturated rings. The van der Waals surface area contributed by atoms with Crippen molar-refractivity contribution in [2.45, 2.75) is 37.3 Å². The first-order chi connectivity index (χ1) is 13.6. The molecule has 10 heteroatoms. The van der Waals surface area contributed by atoms with E-state index in [2.05, 4.69) is 26.8 Å². The molecule has 2 aromatic heterocycles. The van der Waals surface area contributed by atoms with Crippen molar-refractivity contribution in [3.05, 3.63) is 36.3 Å². The highest BCUT2D eigenvalue weighted by atomic mass is 32.2. The van der Waals surface area contributed by atoms with Crippen LogP contribution in [-0.2, 0) is 15.6 Å². The number of nitrogens with two attached hydrogens (primary N) is 1. The van der Waals surface area contributed by atoms with E-state index in [9.17, 15) is 13.5 Å². The molecular weight excluding hydrogens is 392 g/mol. The van der Waals surface area contributed by atoms with Gasteiger partial charge in [-0.2, -0.15) is 4.31 Å². The fourth-order valence-corrected chi connectivity index (χ4v) is 4.37. The highest BCUT2D eigenvalue weighted by molar-refractivity contribution is 7.89. The lowest BCUT2D eigenvalue weighted by atomic mass is 10.0. The Morgan fingerprint density at radius 1 is 1.17 bits per heavy atom. The first-order valence-electron chi connectivity index (χ1n) is 9.08. The lowest BCUT2D eigenvalue weighted by Gasteiger charge is -2.38. The largest absolute Gasteiger partial charge is 0.386 e. The van der Waals surface area contributed by atoms with Gasteiger partial charge in [-0.25, -0.2) is 23.4 Å². The molecule has 0 aliphatic carbocycles. The third kappa shape index (κ3) is 4.48. The van der Waals surface area contributed by atoms with E-state index in [1.807, 2.05) is 4.90 Å². The van der Waals surface area contributed by atoms with Gasteiger partial charge in [0.05, 0.1) is 5.60 Å². The fraction of sp³-hybridized carbons (Fsp3) is 0.421. The van der Waals surface area contributed by atoms with E-state index in [-0.39, 0.29) is 23.8 Å². The number of nitrogen functional groups attached to an aromatic ring is 1. The first kappa shape index (κ1) is 21.0. The highest BCUT2D eigenvalue weighted by Crippen LogP contribution is 2.24. The number of rotatable bonds is 4. The van der Waals surface area contributed by atoms with Crippen molar-refractivity contribution >= 4 is 21.8 Å². The molecule has 0 aromatic carbocycles. The van der Waals surface area contributed by atoms with Crippen LogP contribution in [0.3, 0.4) is 0 Å². The quantitative estimate of drug-likeness (QED) is 0.694. The molecule has 9 nitrogen and oxygen atoms in total. The number of piperazine rings is 1. The zero-order valence-electron chi connectivity index (χ0n) is 16.6. The minimum atomic E-state index is -3.71. The summed E-state index contributed by atoms with van der Waals surface area (Å²) in [6, 6.07) is 2.51. The second-order valence-electron chi connectivity index (χ2n) is 7.22. The highest BCUT2D eigenvalue weighted by Gasteiger charge is 2.35.